The molecule has 0 radical (unpaired) electrons. The number of amides is 1. The van der Waals surface area contributed by atoms with Gasteiger partial charge in [-0.2, -0.15) is 13.2 Å². The van der Waals surface area contributed by atoms with E-state index in [1.165, 1.54) is 23.0 Å². The third-order valence-corrected chi connectivity index (χ3v) is 5.47. The van der Waals surface area contributed by atoms with Crippen LogP contribution in [-0.2, 0) is 14.4 Å². The zero-order chi connectivity index (χ0) is 20.6. The summed E-state index contributed by atoms with van der Waals surface area (Å²) in [7, 11) is 0. The number of piperidine rings is 1. The van der Waals surface area contributed by atoms with E-state index in [0.717, 1.165) is 18.5 Å². The van der Waals surface area contributed by atoms with Crippen LogP contribution in [0.25, 0.3) is 0 Å². The monoisotopic (exact) mass is 421 g/mol. The fourth-order valence-electron chi connectivity index (χ4n) is 3.49. The molecule has 28 heavy (non-hydrogen) atoms. The molecule has 4 rings (SSSR count). The first kappa shape index (κ1) is 20.1. The average molecular weight is 421 g/mol. The first-order chi connectivity index (χ1) is 13.1. The summed E-state index contributed by atoms with van der Waals surface area (Å²) >= 11 is 1.39. The Balaban J connectivity index is 0.000000279. The third kappa shape index (κ3) is 3.56. The minimum absolute atomic E-state index is 0.0277. The predicted octanol–water partition coefficient (Wildman–Crippen LogP) is 0.0713. The van der Waals surface area contributed by atoms with Crippen LogP contribution in [0.5, 0.6) is 0 Å². The van der Waals surface area contributed by atoms with Crippen molar-refractivity contribution in [2.45, 2.75) is 29.8 Å². The van der Waals surface area contributed by atoms with Gasteiger partial charge >= 0.3 is 18.1 Å². The Labute approximate surface area is 159 Å². The van der Waals surface area contributed by atoms with Crippen LogP contribution in [0.3, 0.4) is 0 Å². The molecule has 2 fully saturated rings. The number of halogens is 3. The molecule has 3 aliphatic heterocycles. The molecule has 4 heterocycles. The van der Waals surface area contributed by atoms with E-state index in [4.69, 9.17) is 9.90 Å². The normalized spacial score (nSPS) is 25.6. The van der Waals surface area contributed by atoms with E-state index < -0.39 is 18.1 Å². The van der Waals surface area contributed by atoms with E-state index in [1.54, 1.807) is 0 Å². The molecule has 14 heteroatoms. The van der Waals surface area contributed by atoms with Gasteiger partial charge in [-0.05, 0) is 18.5 Å². The Bertz CT molecular complexity index is 828. The molecule has 0 aliphatic carbocycles. The molecule has 152 valence electrons. The van der Waals surface area contributed by atoms with E-state index in [0.29, 0.717) is 10.9 Å². The molecule has 0 saturated carbocycles. The van der Waals surface area contributed by atoms with Gasteiger partial charge in [0.05, 0.1) is 6.04 Å². The number of hydrogen-bond acceptors (Lipinski definition) is 7. The molecular formula is C14H14F3N5O5S. The second-order valence-corrected chi connectivity index (χ2v) is 7.02. The van der Waals surface area contributed by atoms with Crippen molar-refractivity contribution in [1.29, 1.82) is 0 Å². The minimum Gasteiger partial charge on any atom is -0.477 e. The second kappa shape index (κ2) is 7.43. The molecule has 3 atom stereocenters. The van der Waals surface area contributed by atoms with Crippen LogP contribution in [0, 0.1) is 5.92 Å². The molecule has 0 aromatic carbocycles. The quantitative estimate of drug-likeness (QED) is 0.391. The standard InChI is InChI=1S/C12H13N5O3S.C2HF3O2/c18-10-7-8-5(1-2-13-7)6(9(11(19)20)17(8)10)3-21-12-14-4-15-16-12;3-2(4,5)1(6)7/h4-5,7-8,13H,1-3H2,(H,19,20)(H,14,15,16);(H,6,7)/t5?,7-,8+;/m0./s1. The van der Waals surface area contributed by atoms with Crippen molar-refractivity contribution in [1.82, 2.24) is 25.4 Å². The number of rotatable bonds is 4. The summed E-state index contributed by atoms with van der Waals surface area (Å²) in [6.45, 7) is 0.743. The summed E-state index contributed by atoms with van der Waals surface area (Å²) in [6.07, 6.45) is -2.74. The van der Waals surface area contributed by atoms with Crippen LogP contribution < -0.4 is 5.32 Å². The lowest BCUT2D eigenvalue weighted by Gasteiger charge is -2.48. The highest BCUT2D eigenvalue weighted by atomic mass is 32.2. The van der Waals surface area contributed by atoms with Crippen molar-refractivity contribution in [2.24, 2.45) is 5.92 Å². The highest BCUT2D eigenvalue weighted by Crippen LogP contribution is 2.47. The minimum atomic E-state index is -5.08. The molecule has 0 spiro atoms. The summed E-state index contributed by atoms with van der Waals surface area (Å²) in [4.78, 5) is 38.0. The summed E-state index contributed by atoms with van der Waals surface area (Å²) in [5.41, 5.74) is 0.998. The van der Waals surface area contributed by atoms with Crippen molar-refractivity contribution in [3.8, 4) is 0 Å². The topological polar surface area (TPSA) is 149 Å². The smallest absolute Gasteiger partial charge is 0.477 e. The molecule has 1 unspecified atom stereocenters. The number of carboxylic acid groups (broad SMARTS) is 2. The Morgan fingerprint density at radius 3 is 2.57 bits per heavy atom. The zero-order valence-corrected chi connectivity index (χ0v) is 14.8. The van der Waals surface area contributed by atoms with Crippen LogP contribution in [0.1, 0.15) is 6.42 Å². The number of aliphatic carboxylic acids is 2. The van der Waals surface area contributed by atoms with Crippen LogP contribution in [0.2, 0.25) is 0 Å². The van der Waals surface area contributed by atoms with Gasteiger partial charge in [0.2, 0.25) is 11.1 Å². The summed E-state index contributed by atoms with van der Waals surface area (Å²) in [5.74, 6) is -3.28. The SMILES string of the molecule is O=C(O)C(F)(F)F.O=C(O)C1=C(CSc2nc[nH]n2)C2CCN[C@@H]3C(=O)N1[C@H]23. The highest BCUT2D eigenvalue weighted by Gasteiger charge is 2.60. The van der Waals surface area contributed by atoms with Gasteiger partial charge in [-0.3, -0.25) is 14.8 Å². The molecule has 2 saturated heterocycles. The van der Waals surface area contributed by atoms with Gasteiger partial charge < -0.3 is 15.5 Å². The van der Waals surface area contributed by atoms with Gasteiger partial charge in [0.25, 0.3) is 0 Å². The fraction of sp³-hybridized carbons (Fsp3) is 0.500. The number of β-lactam (4-membered cyclic amide) rings is 1. The number of nitrogens with one attached hydrogen (secondary N) is 2. The number of carbonyl (C=O) groups excluding carboxylic acids is 1. The van der Waals surface area contributed by atoms with E-state index in [-0.39, 0.29) is 29.6 Å². The van der Waals surface area contributed by atoms with Crippen LogP contribution in [0.15, 0.2) is 22.8 Å². The average Bonchev–Trinajstić information content (AvgIpc) is 3.23. The number of alkyl halides is 3. The van der Waals surface area contributed by atoms with Crippen LogP contribution >= 0.6 is 11.8 Å². The van der Waals surface area contributed by atoms with Crippen molar-refractivity contribution in [3.63, 3.8) is 0 Å². The molecular weight excluding hydrogens is 407 g/mol. The van der Waals surface area contributed by atoms with Gasteiger partial charge in [-0.25, -0.2) is 14.6 Å². The summed E-state index contributed by atoms with van der Waals surface area (Å²) in [6, 6.07) is -0.246. The van der Waals surface area contributed by atoms with Crippen LogP contribution in [0.4, 0.5) is 13.2 Å². The maximum Gasteiger partial charge on any atom is 0.490 e. The number of H-pyrrole nitrogens is 1. The number of carboxylic acids is 2. The fourth-order valence-corrected chi connectivity index (χ4v) is 4.37. The summed E-state index contributed by atoms with van der Waals surface area (Å²) < 4.78 is 31.7. The van der Waals surface area contributed by atoms with Crippen molar-refractivity contribution >= 4 is 29.6 Å². The molecule has 3 aliphatic rings. The van der Waals surface area contributed by atoms with E-state index in [9.17, 15) is 27.9 Å². The van der Waals surface area contributed by atoms with Gasteiger partial charge in [0.15, 0.2) is 0 Å². The molecule has 1 aromatic heterocycles. The highest BCUT2D eigenvalue weighted by molar-refractivity contribution is 7.99. The maximum absolute atomic E-state index is 12.1. The van der Waals surface area contributed by atoms with E-state index in [1.807, 2.05) is 0 Å². The lowest BCUT2D eigenvalue weighted by molar-refractivity contribution is -0.192. The van der Waals surface area contributed by atoms with Crippen molar-refractivity contribution in [2.75, 3.05) is 12.3 Å². The number of hydrogen-bond donors (Lipinski definition) is 4. The number of carbonyl (C=O) groups is 3. The first-order valence-electron chi connectivity index (χ1n) is 7.94. The molecule has 1 amide bonds. The Kier molecular flexibility index (Phi) is 5.34. The number of aromatic amines is 1. The third-order valence-electron chi connectivity index (χ3n) is 4.56. The van der Waals surface area contributed by atoms with Gasteiger partial charge in [-0.15, -0.1) is 5.10 Å². The van der Waals surface area contributed by atoms with E-state index in [2.05, 4.69) is 20.5 Å². The first-order valence-corrected chi connectivity index (χ1v) is 8.93. The van der Waals surface area contributed by atoms with Crippen molar-refractivity contribution in [3.05, 3.63) is 17.6 Å². The Morgan fingerprint density at radius 1 is 1.36 bits per heavy atom. The lowest BCUT2D eigenvalue weighted by Crippen LogP contribution is -2.71. The largest absolute Gasteiger partial charge is 0.490 e. The number of thioether (sulfide) groups is 1. The maximum atomic E-state index is 12.1. The molecule has 1 aromatic rings. The van der Waals surface area contributed by atoms with Gasteiger partial charge in [0, 0.05) is 11.7 Å². The number of nitrogens with zero attached hydrogens (tertiary/aromatic N) is 3. The lowest BCUT2D eigenvalue weighted by atomic mass is 9.80. The van der Waals surface area contributed by atoms with Gasteiger partial charge in [0.1, 0.15) is 18.1 Å². The number of aromatic nitrogens is 3. The van der Waals surface area contributed by atoms with Crippen molar-refractivity contribution < 1.29 is 37.8 Å². The Hall–Kier alpha value is -2.61. The molecule has 10 nitrogen and oxygen atoms in total. The van der Waals surface area contributed by atoms with E-state index >= 15 is 0 Å². The van der Waals surface area contributed by atoms with Crippen LogP contribution in [-0.4, -0.2) is 78.7 Å². The summed E-state index contributed by atoms with van der Waals surface area (Å²) in [5, 5.41) is 27.0. The van der Waals surface area contributed by atoms with Gasteiger partial charge in [-0.1, -0.05) is 11.8 Å². The zero-order valence-electron chi connectivity index (χ0n) is 13.9. The predicted molar refractivity (Wildman–Crippen MR) is 86.0 cm³/mol. The Morgan fingerprint density at radius 2 is 2.04 bits per heavy atom. The molecule has 0 bridgehead atoms. The second-order valence-electron chi connectivity index (χ2n) is 6.08. The molecule has 4 N–H and O–H groups in total.